The molecule has 1 saturated heterocycles. The number of nitrogens with one attached hydrogen (secondary N) is 1. The van der Waals surface area contributed by atoms with Crippen LogP contribution in [0, 0.1) is 17.8 Å². The molecule has 12 heteroatoms. The molecule has 0 aromatic heterocycles. The van der Waals surface area contributed by atoms with Crippen LogP contribution in [0.1, 0.15) is 80.8 Å². The van der Waals surface area contributed by atoms with Crippen LogP contribution in [0.2, 0.25) is 5.02 Å². The summed E-state index contributed by atoms with van der Waals surface area (Å²) in [5.74, 6) is 0.0347. The maximum Gasteiger partial charge on any atom is 0.264 e. The number of hydrogen-bond donors (Lipinski definition) is 1. The Hall–Kier alpha value is -3.12. The number of sulfonamides is 1. The van der Waals surface area contributed by atoms with E-state index in [0.29, 0.717) is 38.4 Å². The van der Waals surface area contributed by atoms with Crippen molar-refractivity contribution >= 4 is 39.1 Å². The number of carbonyl (C=O) groups excluding carboxylic acids is 2. The van der Waals surface area contributed by atoms with Crippen LogP contribution in [0.25, 0.3) is 0 Å². The van der Waals surface area contributed by atoms with E-state index in [1.54, 1.807) is 32.2 Å². The minimum Gasteiger partial charge on any atom is -0.490 e. The number of carbonyl (C=O) groups is 2. The third kappa shape index (κ3) is 7.35. The predicted octanol–water partition coefficient (Wildman–Crippen LogP) is 5.82. The van der Waals surface area contributed by atoms with Gasteiger partial charge in [0.05, 0.1) is 29.6 Å². The van der Waals surface area contributed by atoms with Gasteiger partial charge in [0.25, 0.3) is 5.91 Å². The molecule has 0 unspecified atom stereocenters. The summed E-state index contributed by atoms with van der Waals surface area (Å²) in [6.07, 6.45) is 9.49. The lowest BCUT2D eigenvalue weighted by molar-refractivity contribution is -0.146. The van der Waals surface area contributed by atoms with Gasteiger partial charge in [0.1, 0.15) is 5.75 Å². The van der Waals surface area contributed by atoms with Crippen molar-refractivity contribution in [3.05, 3.63) is 70.3 Å². The van der Waals surface area contributed by atoms with Crippen molar-refractivity contribution in [2.24, 2.45) is 17.8 Å². The number of aryl methyl sites for hydroxylation is 1. The SMILES string of the molecule is CO[C@@]1(CC(=O)N2CCN(C)C[C@H]2C)/C=C/C[C@H](C)[C@@H](C)S(=O)(=O)NC(=O)c2ccc3c(c2)N(C[C@@H]2CC[C@H]21)C[C@@]1(CCCc2cc(Cl)ccc21)CO3. The first-order valence-electron chi connectivity index (χ1n) is 19.3. The maximum atomic E-state index is 14.2. The fourth-order valence-electron chi connectivity index (χ4n) is 9.68. The minimum absolute atomic E-state index is 0.0485. The number of methoxy groups -OCH3 is 1. The number of hydrogen-bond acceptors (Lipinski definition) is 8. The molecule has 53 heavy (non-hydrogen) atoms. The third-order valence-corrected chi connectivity index (χ3v) is 15.3. The molecule has 3 heterocycles. The van der Waals surface area contributed by atoms with E-state index in [1.807, 2.05) is 24.0 Å². The van der Waals surface area contributed by atoms with Crippen molar-refractivity contribution in [1.29, 1.82) is 0 Å². The highest BCUT2D eigenvalue weighted by Crippen LogP contribution is 2.50. The number of nitrogens with zero attached hydrogens (tertiary/aromatic N) is 3. The molecule has 2 aliphatic carbocycles. The number of amides is 2. The molecule has 2 amide bonds. The molecule has 7 atom stereocenters. The van der Waals surface area contributed by atoms with E-state index in [0.717, 1.165) is 55.9 Å². The van der Waals surface area contributed by atoms with E-state index in [9.17, 15) is 18.0 Å². The Morgan fingerprint density at radius 1 is 1.09 bits per heavy atom. The lowest BCUT2D eigenvalue weighted by atomic mass is 9.62. The van der Waals surface area contributed by atoms with Gasteiger partial charge in [0, 0.05) is 61.9 Å². The number of anilines is 1. The van der Waals surface area contributed by atoms with Crippen LogP contribution in [0.15, 0.2) is 48.6 Å². The molecular weight excluding hydrogens is 712 g/mol. The summed E-state index contributed by atoms with van der Waals surface area (Å²) in [5.41, 5.74) is 2.33. The minimum atomic E-state index is -4.01. The number of allylic oxidation sites excluding steroid dienone is 1. The number of benzene rings is 2. The monoisotopic (exact) mass is 766 g/mol. The Labute approximate surface area is 320 Å². The zero-order chi connectivity index (χ0) is 37.7. The summed E-state index contributed by atoms with van der Waals surface area (Å²) < 4.78 is 42.7. The van der Waals surface area contributed by atoms with Crippen molar-refractivity contribution in [3.8, 4) is 5.75 Å². The average molecular weight is 767 g/mol. The number of halogens is 1. The van der Waals surface area contributed by atoms with Gasteiger partial charge in [-0.05, 0) is 119 Å². The number of ether oxygens (including phenoxy) is 2. The van der Waals surface area contributed by atoms with Crippen molar-refractivity contribution in [2.45, 2.75) is 88.0 Å². The second-order valence-corrected chi connectivity index (χ2v) is 19.0. The van der Waals surface area contributed by atoms with Crippen LogP contribution in [-0.2, 0) is 31.4 Å². The quantitative estimate of drug-likeness (QED) is 0.390. The van der Waals surface area contributed by atoms with Crippen LogP contribution in [0.4, 0.5) is 5.69 Å². The standard InChI is InChI=1S/C41H55ClN4O6S/c1-27-8-6-17-41(51-5,22-38(47)46-19-18-44(4)23-28(46)2)35-13-10-32(35)24-45-25-40(16-7-9-30-20-33(42)12-14-34(30)40)26-52-37-15-11-31(21-36(37)45)39(48)43-53(49,50)29(27)3/h6,11-12,14-15,17,20-21,27-29,32,35H,7-10,13,16,18-19,22-26H2,1-5H3,(H,43,48)/b17-6+/t27-,28+,29+,32-,35+,40-,41+/m0/s1. The molecular formula is C41H55ClN4O6S. The summed E-state index contributed by atoms with van der Waals surface area (Å²) in [6.45, 7) is 9.75. The molecule has 1 spiro atoms. The van der Waals surface area contributed by atoms with Crippen LogP contribution < -0.4 is 14.4 Å². The Balaban J connectivity index is 1.30. The molecule has 0 radical (unpaired) electrons. The Bertz CT molecular complexity index is 1870. The van der Waals surface area contributed by atoms with Crippen molar-refractivity contribution < 1.29 is 27.5 Å². The van der Waals surface area contributed by atoms with E-state index < -0.39 is 26.8 Å². The molecule has 3 aliphatic heterocycles. The highest BCUT2D eigenvalue weighted by Gasteiger charge is 2.50. The fraction of sp³-hybridized carbons (Fsp3) is 0.610. The molecule has 2 aromatic carbocycles. The smallest absolute Gasteiger partial charge is 0.264 e. The first kappa shape index (κ1) is 38.2. The van der Waals surface area contributed by atoms with E-state index >= 15 is 0 Å². The van der Waals surface area contributed by atoms with Crippen LogP contribution in [0.3, 0.4) is 0 Å². The van der Waals surface area contributed by atoms with Crippen LogP contribution in [0.5, 0.6) is 5.75 Å². The topological polar surface area (TPSA) is 108 Å². The summed E-state index contributed by atoms with van der Waals surface area (Å²) in [5, 5.41) is -0.120. The molecule has 2 bridgehead atoms. The molecule has 1 saturated carbocycles. The molecule has 288 valence electrons. The first-order chi connectivity index (χ1) is 25.2. The summed E-state index contributed by atoms with van der Waals surface area (Å²) in [6, 6.07) is 11.5. The lowest BCUT2D eigenvalue weighted by Gasteiger charge is -2.51. The normalized spacial score (nSPS) is 33.8. The second kappa shape index (κ2) is 14.8. The number of fused-ring (bicyclic) bond motifs is 4. The highest BCUT2D eigenvalue weighted by molar-refractivity contribution is 7.90. The van der Waals surface area contributed by atoms with Gasteiger partial charge in [-0.3, -0.25) is 9.59 Å². The third-order valence-electron chi connectivity index (χ3n) is 13.2. The number of piperazine rings is 1. The van der Waals surface area contributed by atoms with Gasteiger partial charge in [0.2, 0.25) is 15.9 Å². The molecule has 10 nitrogen and oxygen atoms in total. The van der Waals surface area contributed by atoms with Gasteiger partial charge in [-0.1, -0.05) is 36.7 Å². The van der Waals surface area contributed by atoms with Gasteiger partial charge >= 0.3 is 0 Å². The van der Waals surface area contributed by atoms with Gasteiger partial charge < -0.3 is 24.2 Å². The molecule has 5 aliphatic rings. The lowest BCUT2D eigenvalue weighted by Crippen LogP contribution is -2.57. The van der Waals surface area contributed by atoms with Crippen LogP contribution >= 0.6 is 11.6 Å². The summed E-state index contributed by atoms with van der Waals surface area (Å²) in [4.78, 5) is 34.5. The Morgan fingerprint density at radius 2 is 1.91 bits per heavy atom. The second-order valence-electron chi connectivity index (χ2n) is 16.6. The van der Waals surface area contributed by atoms with E-state index in [2.05, 4.69) is 46.7 Å². The first-order valence-corrected chi connectivity index (χ1v) is 21.2. The van der Waals surface area contributed by atoms with Crippen LogP contribution in [-0.4, -0.2) is 100 Å². The largest absolute Gasteiger partial charge is 0.490 e. The van der Waals surface area contributed by atoms with E-state index in [4.69, 9.17) is 21.1 Å². The highest BCUT2D eigenvalue weighted by atomic mass is 35.5. The van der Waals surface area contributed by atoms with Gasteiger partial charge in [-0.15, -0.1) is 0 Å². The molecule has 2 fully saturated rings. The Kier molecular flexibility index (Phi) is 10.7. The van der Waals surface area contributed by atoms with Gasteiger partial charge in [-0.25, -0.2) is 13.1 Å². The maximum absolute atomic E-state index is 14.2. The van der Waals surface area contributed by atoms with E-state index in [-0.39, 0.29) is 47.1 Å². The zero-order valence-corrected chi connectivity index (χ0v) is 33.3. The zero-order valence-electron chi connectivity index (χ0n) is 31.8. The summed E-state index contributed by atoms with van der Waals surface area (Å²) in [7, 11) is -0.206. The Morgan fingerprint density at radius 3 is 2.64 bits per heavy atom. The van der Waals surface area contributed by atoms with Crippen molar-refractivity contribution in [1.82, 2.24) is 14.5 Å². The molecule has 7 rings (SSSR count). The van der Waals surface area contributed by atoms with Gasteiger partial charge in [-0.2, -0.15) is 0 Å². The molecule has 2 aromatic rings. The van der Waals surface area contributed by atoms with Gasteiger partial charge in [0.15, 0.2) is 0 Å². The molecule has 1 N–H and O–H groups in total. The number of rotatable bonds is 3. The van der Waals surface area contributed by atoms with E-state index in [1.165, 1.54) is 11.1 Å². The predicted molar refractivity (Wildman–Crippen MR) is 208 cm³/mol. The average Bonchev–Trinajstić information content (AvgIpc) is 3.25. The number of likely N-dealkylation sites (N-methyl/N-ethyl adjacent to an activating group) is 1. The van der Waals surface area contributed by atoms with Crippen molar-refractivity contribution in [2.75, 3.05) is 58.4 Å². The fourth-order valence-corrected chi connectivity index (χ4v) is 11.2. The summed E-state index contributed by atoms with van der Waals surface area (Å²) >= 11 is 6.49. The van der Waals surface area contributed by atoms with Crippen molar-refractivity contribution in [3.63, 3.8) is 0 Å².